The van der Waals surface area contributed by atoms with Gasteiger partial charge in [0.15, 0.2) is 0 Å². The van der Waals surface area contributed by atoms with E-state index in [0.29, 0.717) is 25.3 Å². The summed E-state index contributed by atoms with van der Waals surface area (Å²) in [6.45, 7) is 1.48. The van der Waals surface area contributed by atoms with Crippen LogP contribution in [0.2, 0.25) is 0 Å². The van der Waals surface area contributed by atoms with Gasteiger partial charge < -0.3 is 9.64 Å². The highest BCUT2D eigenvalue weighted by molar-refractivity contribution is 7.98. The van der Waals surface area contributed by atoms with E-state index in [9.17, 15) is 9.18 Å². The Balaban J connectivity index is 1.37. The third kappa shape index (κ3) is 5.02. The molecule has 1 amide bonds. The minimum atomic E-state index is -0.279. The molecule has 0 N–H and O–H groups in total. The van der Waals surface area contributed by atoms with Crippen LogP contribution in [0.5, 0.6) is 0 Å². The molecular formula is C23H21FN2O2S. The fourth-order valence-electron chi connectivity index (χ4n) is 3.24. The summed E-state index contributed by atoms with van der Waals surface area (Å²) >= 11 is 1.71. The molecule has 2 heterocycles. The largest absolute Gasteiger partial charge is 0.370 e. The second-order valence-corrected chi connectivity index (χ2v) is 7.89. The van der Waals surface area contributed by atoms with Gasteiger partial charge in [-0.15, -0.1) is 11.8 Å². The predicted octanol–water partition coefficient (Wildman–Crippen LogP) is 4.73. The third-order valence-electron chi connectivity index (χ3n) is 4.83. The molecule has 4 nitrogen and oxygen atoms in total. The number of ether oxygens (including phenoxy) is 1. The van der Waals surface area contributed by atoms with Crippen molar-refractivity contribution in [3.63, 3.8) is 0 Å². The lowest BCUT2D eigenvalue weighted by molar-refractivity contribution is -0.0228. The van der Waals surface area contributed by atoms with Crippen molar-refractivity contribution in [3.8, 4) is 0 Å². The van der Waals surface area contributed by atoms with Gasteiger partial charge in [0.1, 0.15) is 11.9 Å². The number of nitrogens with zero attached hydrogens (tertiary/aromatic N) is 2. The molecule has 29 heavy (non-hydrogen) atoms. The molecule has 0 radical (unpaired) electrons. The Morgan fingerprint density at radius 1 is 1.14 bits per heavy atom. The predicted molar refractivity (Wildman–Crippen MR) is 111 cm³/mol. The first-order chi connectivity index (χ1) is 14.2. The van der Waals surface area contributed by atoms with Crippen LogP contribution in [-0.4, -0.2) is 35.5 Å². The van der Waals surface area contributed by atoms with Gasteiger partial charge in [-0.1, -0.05) is 18.2 Å². The van der Waals surface area contributed by atoms with Crippen molar-refractivity contribution in [3.05, 3.63) is 95.6 Å². The molecule has 1 aromatic heterocycles. The minimum Gasteiger partial charge on any atom is -0.370 e. The van der Waals surface area contributed by atoms with Crippen LogP contribution in [0.1, 0.15) is 27.6 Å². The van der Waals surface area contributed by atoms with Crippen LogP contribution in [0.4, 0.5) is 4.39 Å². The summed E-state index contributed by atoms with van der Waals surface area (Å²) in [5, 5.41) is 0. The van der Waals surface area contributed by atoms with Crippen molar-refractivity contribution in [1.29, 1.82) is 0 Å². The van der Waals surface area contributed by atoms with Gasteiger partial charge in [0.05, 0.1) is 13.2 Å². The highest BCUT2D eigenvalue weighted by atomic mass is 32.2. The zero-order chi connectivity index (χ0) is 20.1. The Morgan fingerprint density at radius 3 is 2.66 bits per heavy atom. The van der Waals surface area contributed by atoms with Crippen LogP contribution >= 0.6 is 11.8 Å². The molecule has 1 aliphatic rings. The maximum absolute atomic E-state index is 13.2. The summed E-state index contributed by atoms with van der Waals surface area (Å²) < 4.78 is 18.9. The van der Waals surface area contributed by atoms with Gasteiger partial charge in [0.2, 0.25) is 0 Å². The first-order valence-corrected chi connectivity index (χ1v) is 10.5. The van der Waals surface area contributed by atoms with Crippen molar-refractivity contribution in [2.75, 3.05) is 19.7 Å². The Kier molecular flexibility index (Phi) is 6.22. The molecular weight excluding hydrogens is 387 g/mol. The van der Waals surface area contributed by atoms with Gasteiger partial charge >= 0.3 is 0 Å². The molecule has 2 aromatic carbocycles. The molecule has 1 saturated heterocycles. The van der Waals surface area contributed by atoms with Crippen LogP contribution in [0, 0.1) is 5.82 Å². The van der Waals surface area contributed by atoms with Crippen molar-refractivity contribution in [2.24, 2.45) is 0 Å². The van der Waals surface area contributed by atoms with E-state index in [4.69, 9.17) is 4.74 Å². The van der Waals surface area contributed by atoms with Crippen LogP contribution in [0.25, 0.3) is 0 Å². The van der Waals surface area contributed by atoms with Gasteiger partial charge in [-0.3, -0.25) is 9.78 Å². The molecule has 0 saturated carbocycles. The molecule has 148 valence electrons. The number of benzene rings is 2. The topological polar surface area (TPSA) is 42.4 Å². The monoisotopic (exact) mass is 408 g/mol. The zero-order valence-corrected chi connectivity index (χ0v) is 16.6. The number of pyridine rings is 1. The van der Waals surface area contributed by atoms with Gasteiger partial charge in [0, 0.05) is 35.2 Å². The fraction of sp³-hybridized carbons (Fsp3) is 0.217. The molecule has 4 rings (SSSR count). The smallest absolute Gasteiger partial charge is 0.254 e. The maximum atomic E-state index is 13.2. The van der Waals surface area contributed by atoms with Gasteiger partial charge in [-0.25, -0.2) is 4.39 Å². The molecule has 0 aliphatic carbocycles. The summed E-state index contributed by atoms with van der Waals surface area (Å²) in [6.07, 6.45) is 3.39. The van der Waals surface area contributed by atoms with E-state index >= 15 is 0 Å². The average Bonchev–Trinajstić information content (AvgIpc) is 2.79. The first kappa shape index (κ1) is 19.6. The standard InChI is InChI=1S/C23H21FN2O2S/c24-20-7-3-18(4-8-20)22-15-26(12-13-28-22)23(27)19-5-9-21(10-6-19)29-16-17-2-1-11-25-14-17/h1-11,14,22H,12-13,15-16H2. The molecule has 1 fully saturated rings. The number of aromatic nitrogens is 1. The highest BCUT2D eigenvalue weighted by Gasteiger charge is 2.26. The number of carbonyl (C=O) groups excluding carboxylic acids is 1. The second kappa shape index (κ2) is 9.20. The van der Waals surface area contributed by atoms with E-state index in [1.54, 1.807) is 35.0 Å². The van der Waals surface area contributed by atoms with Gasteiger partial charge in [0.25, 0.3) is 5.91 Å². The summed E-state index contributed by atoms with van der Waals surface area (Å²) in [5.74, 6) is 0.549. The number of rotatable bonds is 5. The minimum absolute atomic E-state index is 0.00998. The van der Waals surface area contributed by atoms with Crippen LogP contribution in [-0.2, 0) is 10.5 Å². The summed E-state index contributed by atoms with van der Waals surface area (Å²) in [4.78, 5) is 20.0. The molecule has 0 spiro atoms. The van der Waals surface area contributed by atoms with E-state index in [0.717, 1.165) is 21.8 Å². The Bertz CT molecular complexity index is 949. The molecule has 1 aliphatic heterocycles. The molecule has 0 bridgehead atoms. The van der Waals surface area contributed by atoms with E-state index < -0.39 is 0 Å². The van der Waals surface area contributed by atoms with E-state index in [-0.39, 0.29) is 17.8 Å². The third-order valence-corrected chi connectivity index (χ3v) is 5.91. The fourth-order valence-corrected chi connectivity index (χ4v) is 4.07. The lowest BCUT2D eigenvalue weighted by Gasteiger charge is -2.33. The Hall–Kier alpha value is -2.70. The highest BCUT2D eigenvalue weighted by Crippen LogP contribution is 2.25. The van der Waals surface area contributed by atoms with Crippen molar-refractivity contribution >= 4 is 17.7 Å². The van der Waals surface area contributed by atoms with Crippen molar-refractivity contribution in [2.45, 2.75) is 16.8 Å². The summed E-state index contributed by atoms with van der Waals surface area (Å²) in [6, 6.07) is 17.9. The van der Waals surface area contributed by atoms with E-state index in [1.165, 1.54) is 12.1 Å². The van der Waals surface area contributed by atoms with Gasteiger partial charge in [-0.05, 0) is 53.6 Å². The Morgan fingerprint density at radius 2 is 1.93 bits per heavy atom. The SMILES string of the molecule is O=C(c1ccc(SCc2cccnc2)cc1)N1CCOC(c2ccc(F)cc2)C1. The normalized spacial score (nSPS) is 16.6. The van der Waals surface area contributed by atoms with E-state index in [1.807, 2.05) is 42.6 Å². The quantitative estimate of drug-likeness (QED) is 0.573. The number of halogens is 1. The molecule has 3 aromatic rings. The molecule has 1 unspecified atom stereocenters. The lowest BCUT2D eigenvalue weighted by Crippen LogP contribution is -2.42. The van der Waals surface area contributed by atoms with Crippen molar-refractivity contribution < 1.29 is 13.9 Å². The number of thioether (sulfide) groups is 1. The van der Waals surface area contributed by atoms with Crippen LogP contribution in [0.3, 0.4) is 0 Å². The van der Waals surface area contributed by atoms with Gasteiger partial charge in [-0.2, -0.15) is 0 Å². The Labute approximate surface area is 173 Å². The first-order valence-electron chi connectivity index (χ1n) is 9.47. The second-order valence-electron chi connectivity index (χ2n) is 6.84. The lowest BCUT2D eigenvalue weighted by atomic mass is 10.1. The van der Waals surface area contributed by atoms with Crippen LogP contribution < -0.4 is 0 Å². The molecule has 6 heteroatoms. The van der Waals surface area contributed by atoms with Crippen LogP contribution in [0.15, 0.2) is 78.0 Å². The number of hydrogen-bond donors (Lipinski definition) is 0. The zero-order valence-electron chi connectivity index (χ0n) is 15.8. The average molecular weight is 408 g/mol. The number of morpholine rings is 1. The summed E-state index contributed by atoms with van der Waals surface area (Å²) in [5.41, 5.74) is 2.71. The molecule has 1 atom stereocenters. The number of amides is 1. The number of carbonyl (C=O) groups is 1. The maximum Gasteiger partial charge on any atom is 0.254 e. The van der Waals surface area contributed by atoms with E-state index in [2.05, 4.69) is 4.98 Å². The summed E-state index contributed by atoms with van der Waals surface area (Å²) in [7, 11) is 0. The van der Waals surface area contributed by atoms with Crippen molar-refractivity contribution in [1.82, 2.24) is 9.88 Å². The number of hydrogen-bond acceptors (Lipinski definition) is 4.